The van der Waals surface area contributed by atoms with E-state index in [2.05, 4.69) is 19.9 Å². The van der Waals surface area contributed by atoms with Gasteiger partial charge < -0.3 is 29.3 Å². The lowest BCUT2D eigenvalue weighted by Crippen LogP contribution is -2.49. The van der Waals surface area contributed by atoms with Crippen LogP contribution in [0.1, 0.15) is 51.2 Å². The highest BCUT2D eigenvalue weighted by molar-refractivity contribution is 5.76. The Kier molecular flexibility index (Phi) is 13.9. The first-order chi connectivity index (χ1) is 27.0. The molecule has 2 aromatic heterocycles. The zero-order chi connectivity index (χ0) is 39.6. The number of piperazine rings is 2. The summed E-state index contributed by atoms with van der Waals surface area (Å²) in [6, 6.07) is 10.6. The summed E-state index contributed by atoms with van der Waals surface area (Å²) in [6.45, 7) is 11.3. The Hall–Kier alpha value is -5.08. The van der Waals surface area contributed by atoms with Crippen LogP contribution in [0.5, 0.6) is 0 Å². The summed E-state index contributed by atoms with van der Waals surface area (Å²) in [6.07, 6.45) is 10.8. The predicted octanol–water partition coefficient (Wildman–Crippen LogP) is 4.78. The fourth-order valence-corrected chi connectivity index (χ4v) is 7.53. The van der Waals surface area contributed by atoms with Gasteiger partial charge in [0.15, 0.2) is 0 Å². The number of nitrogens with zero attached hydrogens (tertiary/aromatic N) is 7. The smallest absolute Gasteiger partial charge is 0.410 e. The minimum atomic E-state index is -0.912. The monoisotopic (exact) mass is 771 g/mol. The normalized spacial score (nSPS) is 25.2. The van der Waals surface area contributed by atoms with Gasteiger partial charge in [-0.1, -0.05) is 32.1 Å². The summed E-state index contributed by atoms with van der Waals surface area (Å²) in [5, 5.41) is 14.9. The number of aliphatic hydroxyl groups excluding tert-OH is 1. The highest BCUT2D eigenvalue weighted by Gasteiger charge is 2.30. The van der Waals surface area contributed by atoms with Crippen LogP contribution < -0.4 is 4.90 Å². The lowest BCUT2D eigenvalue weighted by molar-refractivity contribution is -0.151. The molecule has 13 nitrogen and oxygen atoms in total. The molecule has 2 fully saturated rings. The van der Waals surface area contributed by atoms with E-state index >= 15 is 4.39 Å². The number of aliphatic hydroxyl groups is 1. The molecule has 1 aromatic carbocycles. The largest absolute Gasteiger partial charge is 0.457 e. The van der Waals surface area contributed by atoms with Crippen LogP contribution in [0.25, 0.3) is 6.08 Å². The first kappa shape index (κ1) is 40.6. The summed E-state index contributed by atoms with van der Waals surface area (Å²) in [5.41, 5.74) is 3.13. The fourth-order valence-electron chi connectivity index (χ4n) is 7.53. The third kappa shape index (κ3) is 11.3. The number of hydrogen-bond acceptors (Lipinski definition) is 10. The van der Waals surface area contributed by atoms with E-state index in [1.807, 2.05) is 63.4 Å². The molecule has 3 aromatic rings. The van der Waals surface area contributed by atoms with Crippen LogP contribution in [-0.2, 0) is 32.2 Å². The summed E-state index contributed by atoms with van der Waals surface area (Å²) < 4.78 is 28.8. The molecule has 3 aliphatic heterocycles. The van der Waals surface area contributed by atoms with Gasteiger partial charge in [0.25, 0.3) is 0 Å². The Labute approximate surface area is 328 Å². The zero-order valence-electron chi connectivity index (χ0n) is 32.6. The number of rotatable bonds is 8. The number of esters is 1. The van der Waals surface area contributed by atoms with Crippen molar-refractivity contribution in [3.8, 4) is 0 Å². The first-order valence-corrected chi connectivity index (χ1v) is 19.6. The van der Waals surface area contributed by atoms with E-state index < -0.39 is 30.1 Å². The van der Waals surface area contributed by atoms with E-state index in [0.717, 1.165) is 25.2 Å². The standard InChI is InChI=1S/C42H54FN7O6/c1-30-7-9-37(51)26-40(53)56-41(31(2)8-10-38(30)55-42(54)49-16-14-46(15-17-49)28-33-6-4-11-44-27-33)32(3)22-34-23-35(43)25-36(24-34)47-18-20-48(21-19-47)39(52)29-50-13-5-12-45-50/h4-6,8,10-13,22-25,27,30-31,37-38,41,51H,7,9,14-21,26,28-29H2,1-3H3/b10-8+,32-22+/t30-,31-,37+,38-,41-/m0/s1. The summed E-state index contributed by atoms with van der Waals surface area (Å²) >= 11 is 0. The number of cyclic esters (lactones) is 1. The van der Waals surface area contributed by atoms with Crippen LogP contribution in [0.15, 0.2) is 78.9 Å². The van der Waals surface area contributed by atoms with E-state index in [1.54, 1.807) is 39.1 Å². The Bertz CT molecular complexity index is 1820. The lowest BCUT2D eigenvalue weighted by atomic mass is 9.91. The molecule has 0 unspecified atom stereocenters. The van der Waals surface area contributed by atoms with Crippen molar-refractivity contribution >= 4 is 29.7 Å². The molecule has 300 valence electrons. The Morgan fingerprint density at radius 3 is 2.46 bits per heavy atom. The highest BCUT2D eigenvalue weighted by Crippen LogP contribution is 2.28. The van der Waals surface area contributed by atoms with Crippen molar-refractivity contribution in [2.45, 2.75) is 71.4 Å². The van der Waals surface area contributed by atoms with Crippen LogP contribution in [-0.4, -0.2) is 123 Å². The first-order valence-electron chi connectivity index (χ1n) is 19.6. The second-order valence-corrected chi connectivity index (χ2v) is 15.2. The number of halogens is 1. The van der Waals surface area contributed by atoms with Crippen molar-refractivity contribution in [3.63, 3.8) is 0 Å². The van der Waals surface area contributed by atoms with Gasteiger partial charge in [-0.15, -0.1) is 0 Å². The molecule has 0 radical (unpaired) electrons. The SMILES string of the molecule is C/C(=C\c1cc(F)cc(N2CCN(C(=O)Cn3cccn3)CC2)c1)[C@H]1OC(=O)C[C@H](O)CC[C@H](C)[C@@H](OC(=O)N2CCN(Cc3cccnc3)CC2)/C=C/[C@@H]1C. The summed E-state index contributed by atoms with van der Waals surface area (Å²) in [4.78, 5) is 51.4. The number of pyridine rings is 1. The van der Waals surface area contributed by atoms with Crippen LogP contribution >= 0.6 is 0 Å². The Balaban J connectivity index is 1.11. The van der Waals surface area contributed by atoms with Gasteiger partial charge in [0.05, 0.1) is 12.5 Å². The number of hydrogen-bond donors (Lipinski definition) is 1. The topological polar surface area (TPSA) is 134 Å². The van der Waals surface area contributed by atoms with Crippen LogP contribution in [0.3, 0.4) is 0 Å². The average molecular weight is 772 g/mol. The third-order valence-electron chi connectivity index (χ3n) is 10.9. The van der Waals surface area contributed by atoms with E-state index in [1.165, 1.54) is 12.1 Å². The molecular weight excluding hydrogens is 718 g/mol. The number of carbonyl (C=O) groups is 3. The predicted molar refractivity (Wildman–Crippen MR) is 210 cm³/mol. The molecule has 0 saturated carbocycles. The Morgan fingerprint density at radius 2 is 1.75 bits per heavy atom. The van der Waals surface area contributed by atoms with Crippen molar-refractivity contribution in [2.24, 2.45) is 11.8 Å². The molecule has 2 amide bonds. The van der Waals surface area contributed by atoms with Crippen LogP contribution in [0, 0.1) is 17.7 Å². The molecule has 5 heterocycles. The molecule has 0 spiro atoms. The molecule has 0 bridgehead atoms. The molecule has 5 atom stereocenters. The molecule has 3 aliphatic rings. The quantitative estimate of drug-likeness (QED) is 0.252. The van der Waals surface area contributed by atoms with Gasteiger partial charge in [0.2, 0.25) is 5.91 Å². The molecule has 56 heavy (non-hydrogen) atoms. The molecular formula is C42H54FN7O6. The van der Waals surface area contributed by atoms with Crippen molar-refractivity contribution in [3.05, 3.63) is 95.9 Å². The van der Waals surface area contributed by atoms with Gasteiger partial charge in [-0.3, -0.25) is 24.2 Å². The van der Waals surface area contributed by atoms with Gasteiger partial charge in [-0.2, -0.15) is 5.10 Å². The van der Waals surface area contributed by atoms with Gasteiger partial charge in [0, 0.05) is 95.3 Å². The molecule has 14 heteroatoms. The van der Waals surface area contributed by atoms with Crippen molar-refractivity contribution < 1.29 is 33.4 Å². The van der Waals surface area contributed by atoms with Crippen molar-refractivity contribution in [1.82, 2.24) is 29.5 Å². The van der Waals surface area contributed by atoms with Gasteiger partial charge in [-0.05, 0) is 78.8 Å². The third-order valence-corrected chi connectivity index (χ3v) is 10.9. The summed E-state index contributed by atoms with van der Waals surface area (Å²) in [5.74, 6) is -1.39. The van der Waals surface area contributed by atoms with Gasteiger partial charge >= 0.3 is 12.1 Å². The number of ether oxygens (including phenoxy) is 2. The van der Waals surface area contributed by atoms with Crippen LogP contribution in [0.4, 0.5) is 14.9 Å². The maximum absolute atomic E-state index is 15.1. The molecule has 6 rings (SSSR count). The number of benzene rings is 1. The number of aromatic nitrogens is 3. The second-order valence-electron chi connectivity index (χ2n) is 15.2. The lowest BCUT2D eigenvalue weighted by Gasteiger charge is -2.36. The molecule has 0 aliphatic carbocycles. The number of anilines is 1. The highest BCUT2D eigenvalue weighted by atomic mass is 19.1. The van der Waals surface area contributed by atoms with Gasteiger partial charge in [0.1, 0.15) is 24.6 Å². The van der Waals surface area contributed by atoms with Crippen molar-refractivity contribution in [2.75, 3.05) is 57.3 Å². The minimum absolute atomic E-state index is 0.0143. The summed E-state index contributed by atoms with van der Waals surface area (Å²) in [7, 11) is 0. The fraction of sp³-hybridized carbons (Fsp3) is 0.500. The number of amides is 2. The Morgan fingerprint density at radius 1 is 0.982 bits per heavy atom. The second kappa shape index (κ2) is 19.2. The van der Waals surface area contributed by atoms with E-state index in [-0.39, 0.29) is 36.8 Å². The molecule has 1 N–H and O–H groups in total. The van der Waals surface area contributed by atoms with E-state index in [4.69, 9.17) is 9.47 Å². The van der Waals surface area contributed by atoms with Crippen LogP contribution in [0.2, 0.25) is 0 Å². The van der Waals surface area contributed by atoms with Gasteiger partial charge in [-0.25, -0.2) is 9.18 Å². The van der Waals surface area contributed by atoms with Crippen molar-refractivity contribution in [1.29, 1.82) is 0 Å². The maximum atomic E-state index is 15.1. The minimum Gasteiger partial charge on any atom is -0.457 e. The number of carbonyl (C=O) groups excluding carboxylic acids is 3. The zero-order valence-corrected chi connectivity index (χ0v) is 32.6. The van der Waals surface area contributed by atoms with E-state index in [0.29, 0.717) is 68.9 Å². The molecule has 2 saturated heterocycles. The maximum Gasteiger partial charge on any atom is 0.410 e. The average Bonchev–Trinajstić information content (AvgIpc) is 3.70. The van der Waals surface area contributed by atoms with E-state index in [9.17, 15) is 19.5 Å².